The van der Waals surface area contributed by atoms with Crippen LogP contribution in [-0.2, 0) is 19.6 Å². The standard InChI is InChI=1S/C19H25N3O5S/c1-2-12-22(13-15-4-5-15)18(23)14-27-19(24)16-6-8-17(9-7-16)28(25,26)21-11-3-10-20/h6-9,15,21H,2-5,11-14H2,1H3. The molecule has 0 spiro atoms. The number of benzene rings is 1. The number of amides is 1. The number of nitrogens with one attached hydrogen (secondary N) is 1. The molecule has 0 atom stereocenters. The molecule has 28 heavy (non-hydrogen) atoms. The van der Waals surface area contributed by atoms with Gasteiger partial charge < -0.3 is 9.64 Å². The molecule has 2 rings (SSSR count). The maximum absolute atomic E-state index is 12.3. The minimum Gasteiger partial charge on any atom is -0.452 e. The molecule has 0 aromatic heterocycles. The fourth-order valence-electron chi connectivity index (χ4n) is 2.60. The van der Waals surface area contributed by atoms with Crippen molar-refractivity contribution in [2.75, 3.05) is 26.2 Å². The van der Waals surface area contributed by atoms with E-state index < -0.39 is 16.0 Å². The summed E-state index contributed by atoms with van der Waals surface area (Å²) in [4.78, 5) is 26.1. The third kappa shape index (κ3) is 6.62. The maximum Gasteiger partial charge on any atom is 0.338 e. The van der Waals surface area contributed by atoms with Gasteiger partial charge in [-0.1, -0.05) is 6.92 Å². The van der Waals surface area contributed by atoms with Crippen LogP contribution in [-0.4, -0.2) is 51.4 Å². The minimum absolute atomic E-state index is 0.0137. The molecule has 0 heterocycles. The van der Waals surface area contributed by atoms with E-state index in [4.69, 9.17) is 10.00 Å². The Kier molecular flexibility index (Phi) is 7.96. The molecule has 1 saturated carbocycles. The van der Waals surface area contributed by atoms with Crippen molar-refractivity contribution in [2.24, 2.45) is 5.92 Å². The van der Waals surface area contributed by atoms with Crippen LogP contribution in [0.4, 0.5) is 0 Å². The molecule has 8 nitrogen and oxygen atoms in total. The fourth-order valence-corrected chi connectivity index (χ4v) is 3.63. The monoisotopic (exact) mass is 407 g/mol. The van der Waals surface area contributed by atoms with E-state index in [2.05, 4.69) is 4.72 Å². The van der Waals surface area contributed by atoms with Crippen LogP contribution >= 0.6 is 0 Å². The number of sulfonamides is 1. The molecular weight excluding hydrogens is 382 g/mol. The van der Waals surface area contributed by atoms with Gasteiger partial charge in [0.15, 0.2) is 6.61 Å². The molecule has 1 aliphatic rings. The Balaban J connectivity index is 1.89. The first-order valence-corrected chi connectivity index (χ1v) is 10.8. The summed E-state index contributed by atoms with van der Waals surface area (Å²) in [5.41, 5.74) is 0.160. The largest absolute Gasteiger partial charge is 0.452 e. The van der Waals surface area contributed by atoms with Gasteiger partial charge in [0, 0.05) is 26.1 Å². The molecule has 1 amide bonds. The minimum atomic E-state index is -3.74. The Morgan fingerprint density at radius 2 is 1.96 bits per heavy atom. The van der Waals surface area contributed by atoms with Crippen LogP contribution in [0.3, 0.4) is 0 Å². The quantitative estimate of drug-likeness (QED) is 0.441. The number of nitrogens with zero attached hydrogens (tertiary/aromatic N) is 2. The molecule has 1 aliphatic carbocycles. The van der Waals surface area contributed by atoms with E-state index in [0.717, 1.165) is 19.3 Å². The second kappa shape index (κ2) is 10.2. The predicted molar refractivity (Wildman–Crippen MR) is 102 cm³/mol. The lowest BCUT2D eigenvalue weighted by molar-refractivity contribution is -0.134. The van der Waals surface area contributed by atoms with Crippen LogP contribution in [0, 0.1) is 17.2 Å². The number of esters is 1. The van der Waals surface area contributed by atoms with Crippen molar-refractivity contribution < 1.29 is 22.7 Å². The third-order valence-corrected chi connectivity index (χ3v) is 5.75. The van der Waals surface area contributed by atoms with Crippen LogP contribution < -0.4 is 4.72 Å². The van der Waals surface area contributed by atoms with E-state index in [-0.39, 0.29) is 35.9 Å². The highest BCUT2D eigenvalue weighted by Gasteiger charge is 2.26. The molecule has 0 unspecified atom stereocenters. The smallest absolute Gasteiger partial charge is 0.338 e. The molecule has 152 valence electrons. The molecule has 1 N–H and O–H groups in total. The van der Waals surface area contributed by atoms with Gasteiger partial charge >= 0.3 is 5.97 Å². The fraction of sp³-hybridized carbons (Fsp3) is 0.526. The maximum atomic E-state index is 12.3. The van der Waals surface area contributed by atoms with Gasteiger partial charge in [0.1, 0.15) is 0 Å². The van der Waals surface area contributed by atoms with Crippen LogP contribution in [0.1, 0.15) is 43.0 Å². The molecular formula is C19H25N3O5S. The van der Waals surface area contributed by atoms with Crippen molar-refractivity contribution in [1.29, 1.82) is 5.26 Å². The number of hydrogen-bond acceptors (Lipinski definition) is 6. The van der Waals surface area contributed by atoms with Gasteiger partial charge in [-0.25, -0.2) is 17.9 Å². The van der Waals surface area contributed by atoms with Crippen molar-refractivity contribution in [2.45, 2.75) is 37.5 Å². The van der Waals surface area contributed by atoms with Gasteiger partial charge in [-0.05, 0) is 49.4 Å². The number of hydrogen-bond donors (Lipinski definition) is 1. The second-order valence-electron chi connectivity index (χ2n) is 6.69. The average molecular weight is 407 g/mol. The van der Waals surface area contributed by atoms with Gasteiger partial charge in [-0.15, -0.1) is 0 Å². The number of carbonyl (C=O) groups is 2. The topological polar surface area (TPSA) is 117 Å². The summed E-state index contributed by atoms with van der Waals surface area (Å²) in [5.74, 6) is -0.344. The Morgan fingerprint density at radius 3 is 2.54 bits per heavy atom. The zero-order chi connectivity index (χ0) is 20.6. The van der Waals surface area contributed by atoms with Crippen molar-refractivity contribution in [3.63, 3.8) is 0 Å². The lowest BCUT2D eigenvalue weighted by atomic mass is 10.2. The number of rotatable bonds is 11. The third-order valence-electron chi connectivity index (χ3n) is 4.28. The average Bonchev–Trinajstić information content (AvgIpc) is 3.50. The highest BCUT2D eigenvalue weighted by molar-refractivity contribution is 7.89. The molecule has 1 aromatic rings. The van der Waals surface area contributed by atoms with Crippen LogP contribution in [0.5, 0.6) is 0 Å². The van der Waals surface area contributed by atoms with E-state index in [1.54, 1.807) is 4.90 Å². The summed E-state index contributed by atoms with van der Waals surface area (Å²) >= 11 is 0. The normalized spacial score (nSPS) is 13.6. The van der Waals surface area contributed by atoms with E-state index >= 15 is 0 Å². The molecule has 9 heteroatoms. The van der Waals surface area contributed by atoms with E-state index in [9.17, 15) is 18.0 Å². The molecule has 0 radical (unpaired) electrons. The van der Waals surface area contributed by atoms with Gasteiger partial charge in [-0.3, -0.25) is 4.79 Å². The molecule has 1 fully saturated rings. The predicted octanol–water partition coefficient (Wildman–Crippen LogP) is 1.68. The lowest BCUT2D eigenvalue weighted by Crippen LogP contribution is -2.36. The number of carbonyl (C=O) groups excluding carboxylic acids is 2. The van der Waals surface area contributed by atoms with Gasteiger partial charge in [-0.2, -0.15) is 5.26 Å². The zero-order valence-electron chi connectivity index (χ0n) is 15.9. The first kappa shape index (κ1) is 21.9. The first-order valence-electron chi connectivity index (χ1n) is 9.29. The molecule has 0 bridgehead atoms. The Morgan fingerprint density at radius 1 is 1.29 bits per heavy atom. The van der Waals surface area contributed by atoms with Gasteiger partial charge in [0.2, 0.25) is 10.0 Å². The molecule has 0 aliphatic heterocycles. The van der Waals surface area contributed by atoms with E-state index in [1.165, 1.54) is 24.3 Å². The Bertz CT molecular complexity index is 826. The van der Waals surface area contributed by atoms with Crippen LogP contribution in [0.2, 0.25) is 0 Å². The van der Waals surface area contributed by atoms with Crippen molar-refractivity contribution in [3.05, 3.63) is 29.8 Å². The van der Waals surface area contributed by atoms with Crippen LogP contribution in [0.25, 0.3) is 0 Å². The number of nitriles is 1. The lowest BCUT2D eigenvalue weighted by Gasteiger charge is -2.21. The van der Waals surface area contributed by atoms with Crippen molar-refractivity contribution in [1.82, 2.24) is 9.62 Å². The van der Waals surface area contributed by atoms with E-state index in [1.807, 2.05) is 13.0 Å². The number of ether oxygens (including phenoxy) is 1. The van der Waals surface area contributed by atoms with Gasteiger partial charge in [0.25, 0.3) is 5.91 Å². The summed E-state index contributed by atoms with van der Waals surface area (Å²) in [5, 5.41) is 8.47. The molecule has 1 aromatic carbocycles. The second-order valence-corrected chi connectivity index (χ2v) is 8.46. The zero-order valence-corrected chi connectivity index (χ0v) is 16.7. The van der Waals surface area contributed by atoms with Crippen molar-refractivity contribution in [3.8, 4) is 6.07 Å². The highest BCUT2D eigenvalue weighted by atomic mass is 32.2. The summed E-state index contributed by atoms with van der Waals surface area (Å²) in [6.07, 6.45) is 3.17. The van der Waals surface area contributed by atoms with Crippen molar-refractivity contribution >= 4 is 21.9 Å². The first-order chi connectivity index (χ1) is 13.4. The van der Waals surface area contributed by atoms with E-state index in [0.29, 0.717) is 19.0 Å². The summed E-state index contributed by atoms with van der Waals surface area (Å²) in [6.45, 7) is 3.01. The Hall–Kier alpha value is -2.44. The summed E-state index contributed by atoms with van der Waals surface area (Å²) in [6, 6.07) is 7.08. The summed E-state index contributed by atoms with van der Waals surface area (Å²) < 4.78 is 31.5. The summed E-state index contributed by atoms with van der Waals surface area (Å²) in [7, 11) is -3.74. The Labute approximate surface area is 165 Å². The van der Waals surface area contributed by atoms with Gasteiger partial charge in [0.05, 0.1) is 16.5 Å². The molecule has 0 saturated heterocycles. The SMILES string of the molecule is CCCN(CC1CC1)C(=O)COC(=O)c1ccc(S(=O)(=O)NCCC#N)cc1. The van der Waals surface area contributed by atoms with Crippen LogP contribution in [0.15, 0.2) is 29.2 Å². The highest BCUT2D eigenvalue weighted by Crippen LogP contribution is 2.29.